The van der Waals surface area contributed by atoms with E-state index >= 15 is 0 Å². The second-order valence-electron chi connectivity index (χ2n) is 6.23. The second-order valence-corrected chi connectivity index (χ2v) is 8.25. The van der Waals surface area contributed by atoms with Gasteiger partial charge in [0, 0.05) is 22.8 Å². The Morgan fingerprint density at radius 3 is 2.38 bits per heavy atom. The number of nitrogens with zero attached hydrogens (tertiary/aromatic N) is 1. The number of rotatable bonds is 5. The molecule has 0 aliphatic heterocycles. The monoisotopic (exact) mass is 425 g/mol. The third kappa shape index (κ3) is 4.56. The van der Waals surface area contributed by atoms with E-state index in [4.69, 9.17) is 4.74 Å². The van der Waals surface area contributed by atoms with Gasteiger partial charge in [-0.1, -0.05) is 19.2 Å². The number of carbonyl (C=O) groups excluding carboxylic acids is 1. The highest BCUT2D eigenvalue weighted by Gasteiger charge is 2.31. The van der Waals surface area contributed by atoms with Crippen molar-refractivity contribution in [2.75, 3.05) is 13.4 Å². The largest absolute Gasteiger partial charge is 0.465 e. The number of hydrogen-bond donors (Lipinski definition) is 0. The first-order valence-electron chi connectivity index (χ1n) is 8.14. The molecule has 1 aromatic carbocycles. The molecule has 0 bridgehead atoms. The minimum atomic E-state index is -4.64. The maximum absolute atomic E-state index is 12.9. The van der Waals surface area contributed by atoms with Crippen LogP contribution in [0.5, 0.6) is 0 Å². The Labute approximate surface area is 166 Å². The summed E-state index contributed by atoms with van der Waals surface area (Å²) in [7, 11) is -2.42. The molecule has 2 aromatic rings. The number of methoxy groups -OCH3 is 1. The van der Waals surface area contributed by atoms with E-state index in [0.717, 1.165) is 19.4 Å². The van der Waals surface area contributed by atoms with E-state index in [1.165, 1.54) is 31.2 Å². The van der Waals surface area contributed by atoms with Crippen molar-refractivity contribution in [3.63, 3.8) is 0 Å². The van der Waals surface area contributed by atoms with Gasteiger partial charge in [-0.25, -0.2) is 18.2 Å². The standard InChI is InChI=1S/C20H18F3NO4S/c1-6-13(9-11(2)20(21,22)23)18-12(3)17(19(25)28-4)15-10-14(29(5,26)27)7-8-16(15)24-18/h6-10H,1-2H2,3-5H3/b13-9+. The van der Waals surface area contributed by atoms with Crippen molar-refractivity contribution in [2.24, 2.45) is 0 Å². The number of fused-ring (bicyclic) bond motifs is 1. The van der Waals surface area contributed by atoms with Crippen molar-refractivity contribution >= 4 is 32.3 Å². The lowest BCUT2D eigenvalue weighted by Gasteiger charge is -2.15. The van der Waals surface area contributed by atoms with Crippen molar-refractivity contribution in [2.45, 2.75) is 18.0 Å². The molecule has 0 atom stereocenters. The van der Waals surface area contributed by atoms with Crippen LogP contribution in [0.2, 0.25) is 0 Å². The van der Waals surface area contributed by atoms with E-state index in [1.807, 2.05) is 0 Å². The molecule has 0 radical (unpaired) electrons. The fraction of sp³-hybridized carbons (Fsp3) is 0.200. The van der Waals surface area contributed by atoms with Gasteiger partial charge in [-0.15, -0.1) is 0 Å². The first-order chi connectivity index (χ1) is 13.3. The fourth-order valence-electron chi connectivity index (χ4n) is 2.71. The topological polar surface area (TPSA) is 73.3 Å². The number of alkyl halides is 3. The quantitative estimate of drug-likeness (QED) is 0.524. The summed E-state index contributed by atoms with van der Waals surface area (Å²) in [5.41, 5.74) is -0.599. The van der Waals surface area contributed by atoms with E-state index in [0.29, 0.717) is 0 Å². The molecule has 154 valence electrons. The molecule has 1 aromatic heterocycles. The molecule has 0 saturated heterocycles. The summed E-state index contributed by atoms with van der Waals surface area (Å²) in [6.45, 7) is 8.01. The van der Waals surface area contributed by atoms with Gasteiger partial charge in [0.1, 0.15) is 0 Å². The lowest BCUT2D eigenvalue weighted by Crippen LogP contribution is -2.11. The van der Waals surface area contributed by atoms with Gasteiger partial charge in [0.2, 0.25) is 0 Å². The number of carbonyl (C=O) groups is 1. The van der Waals surface area contributed by atoms with Crippen LogP contribution in [0, 0.1) is 6.92 Å². The number of halogens is 3. The fourth-order valence-corrected chi connectivity index (χ4v) is 3.36. The van der Waals surface area contributed by atoms with Gasteiger partial charge in [-0.2, -0.15) is 13.2 Å². The van der Waals surface area contributed by atoms with Gasteiger partial charge in [0.15, 0.2) is 9.84 Å². The normalized spacial score (nSPS) is 12.7. The van der Waals surface area contributed by atoms with Gasteiger partial charge in [0.25, 0.3) is 0 Å². The summed E-state index contributed by atoms with van der Waals surface area (Å²) in [4.78, 5) is 16.7. The zero-order valence-corrected chi connectivity index (χ0v) is 16.7. The molecule has 0 saturated carbocycles. The molecule has 0 N–H and O–H groups in total. The predicted molar refractivity (Wildman–Crippen MR) is 104 cm³/mol. The first kappa shape index (κ1) is 22.4. The summed E-state index contributed by atoms with van der Waals surface area (Å²) >= 11 is 0. The lowest BCUT2D eigenvalue weighted by atomic mass is 9.96. The summed E-state index contributed by atoms with van der Waals surface area (Å²) in [6, 6.07) is 3.96. The maximum atomic E-state index is 12.9. The van der Waals surface area contributed by atoms with E-state index in [1.54, 1.807) is 0 Å². The zero-order valence-electron chi connectivity index (χ0n) is 15.9. The molecule has 2 rings (SSSR count). The van der Waals surface area contributed by atoms with Crippen LogP contribution in [-0.4, -0.2) is 38.9 Å². The molecule has 0 aliphatic carbocycles. The average Bonchev–Trinajstić information content (AvgIpc) is 2.63. The predicted octanol–water partition coefficient (Wildman–Crippen LogP) is 4.42. The van der Waals surface area contributed by atoms with E-state index in [-0.39, 0.29) is 38.2 Å². The molecule has 0 spiro atoms. The second kappa shape index (κ2) is 7.82. The highest BCUT2D eigenvalue weighted by atomic mass is 32.2. The maximum Gasteiger partial charge on any atom is 0.415 e. The van der Waals surface area contributed by atoms with Crippen LogP contribution in [0.4, 0.5) is 13.2 Å². The minimum Gasteiger partial charge on any atom is -0.465 e. The van der Waals surface area contributed by atoms with Gasteiger partial charge < -0.3 is 4.74 Å². The van der Waals surface area contributed by atoms with Crippen molar-refractivity contribution in [3.8, 4) is 0 Å². The summed E-state index contributed by atoms with van der Waals surface area (Å²) < 4.78 is 67.3. The molecule has 0 unspecified atom stereocenters. The number of ether oxygens (including phenoxy) is 1. The molecule has 29 heavy (non-hydrogen) atoms. The van der Waals surface area contributed by atoms with Crippen LogP contribution in [-0.2, 0) is 14.6 Å². The number of aromatic nitrogens is 1. The summed E-state index contributed by atoms with van der Waals surface area (Å²) in [5, 5.41) is 0.207. The van der Waals surface area contributed by atoms with Gasteiger partial charge in [0.05, 0.1) is 28.8 Å². The number of sulfone groups is 1. The van der Waals surface area contributed by atoms with Crippen molar-refractivity contribution in [3.05, 3.63) is 65.9 Å². The SMILES string of the molecule is C=C/C(=C\C(=C)C(F)(F)F)c1nc2ccc(S(C)(=O)=O)cc2c(C(=O)OC)c1C. The van der Waals surface area contributed by atoms with Crippen molar-refractivity contribution in [1.82, 2.24) is 4.98 Å². The highest BCUT2D eigenvalue weighted by Crippen LogP contribution is 2.32. The molecular weight excluding hydrogens is 407 g/mol. The first-order valence-corrected chi connectivity index (χ1v) is 10.0. The minimum absolute atomic E-state index is 0.00312. The highest BCUT2D eigenvalue weighted by molar-refractivity contribution is 7.90. The van der Waals surface area contributed by atoms with Crippen LogP contribution in [0.25, 0.3) is 16.5 Å². The van der Waals surface area contributed by atoms with Crippen LogP contribution in [0.3, 0.4) is 0 Å². The smallest absolute Gasteiger partial charge is 0.415 e. The Bertz CT molecular complexity index is 1160. The van der Waals surface area contributed by atoms with Crippen molar-refractivity contribution < 1.29 is 31.1 Å². The van der Waals surface area contributed by atoms with Gasteiger partial charge in [-0.05, 0) is 36.8 Å². The van der Waals surface area contributed by atoms with Crippen molar-refractivity contribution in [1.29, 1.82) is 0 Å². The zero-order chi connectivity index (χ0) is 22.1. The number of allylic oxidation sites excluding steroid dienone is 4. The number of benzene rings is 1. The van der Waals surface area contributed by atoms with Gasteiger partial charge >= 0.3 is 12.1 Å². The number of hydrogen-bond acceptors (Lipinski definition) is 5. The summed E-state index contributed by atoms with van der Waals surface area (Å²) in [5.74, 6) is -0.778. The molecule has 0 fully saturated rings. The third-order valence-corrected chi connectivity index (χ3v) is 5.31. The van der Waals surface area contributed by atoms with Gasteiger partial charge in [-0.3, -0.25) is 0 Å². The number of pyridine rings is 1. The Kier molecular flexibility index (Phi) is 6.03. The lowest BCUT2D eigenvalue weighted by molar-refractivity contribution is -0.0877. The molecular formula is C20H18F3NO4S. The van der Waals surface area contributed by atoms with E-state index in [9.17, 15) is 26.4 Å². The molecule has 0 aliphatic rings. The molecule has 0 amide bonds. The van der Waals surface area contributed by atoms with Crippen LogP contribution < -0.4 is 0 Å². The summed E-state index contributed by atoms with van der Waals surface area (Å²) in [6.07, 6.45) is -1.68. The van der Waals surface area contributed by atoms with Crippen LogP contribution in [0.1, 0.15) is 21.6 Å². The molecule has 1 heterocycles. The Morgan fingerprint density at radius 1 is 1.28 bits per heavy atom. The Hall–Kier alpha value is -2.94. The average molecular weight is 425 g/mol. The molecule has 9 heteroatoms. The van der Waals surface area contributed by atoms with Crippen LogP contribution >= 0.6 is 0 Å². The van der Waals surface area contributed by atoms with Crippen LogP contribution in [0.15, 0.2) is 54.0 Å². The number of esters is 1. The molecule has 5 nitrogen and oxygen atoms in total. The van der Waals surface area contributed by atoms with E-state index in [2.05, 4.69) is 18.1 Å². The third-order valence-electron chi connectivity index (χ3n) is 4.20. The van der Waals surface area contributed by atoms with E-state index < -0.39 is 27.6 Å². The Balaban J connectivity index is 2.91. The Morgan fingerprint density at radius 2 is 1.90 bits per heavy atom.